The average molecular weight is 609 g/mol. The van der Waals surface area contributed by atoms with Gasteiger partial charge in [-0.15, -0.1) is 5.10 Å². The first-order chi connectivity index (χ1) is 19.6. The van der Waals surface area contributed by atoms with Gasteiger partial charge in [0.05, 0.1) is 17.1 Å². The number of aliphatic imine (C=N–C) groups is 1. The molecule has 5 rings (SSSR count). The number of nitrogens with one attached hydrogen (secondary N) is 1. The number of alkyl halides is 3. The fraction of sp³-hybridized carbons (Fsp3) is 0.231. The van der Waals surface area contributed by atoms with Crippen LogP contribution in [0.25, 0.3) is 16.6 Å². The van der Waals surface area contributed by atoms with Gasteiger partial charge in [0.15, 0.2) is 15.7 Å². The highest BCUT2D eigenvalue weighted by Crippen LogP contribution is 2.37. The highest BCUT2D eigenvalue weighted by Gasteiger charge is 2.41. The van der Waals surface area contributed by atoms with E-state index in [-0.39, 0.29) is 28.3 Å². The van der Waals surface area contributed by atoms with Crippen LogP contribution in [0.2, 0.25) is 0 Å². The van der Waals surface area contributed by atoms with Crippen LogP contribution in [0, 0.1) is 5.82 Å². The predicted octanol–water partition coefficient (Wildman–Crippen LogP) is 4.89. The molecule has 2 aromatic heterocycles. The number of anilines is 3. The molecule has 16 heteroatoms. The molecule has 42 heavy (non-hydrogen) atoms. The molecule has 4 N–H and O–H groups in total. The lowest BCUT2D eigenvalue weighted by atomic mass is 9.97. The molecule has 0 radical (unpaired) electrons. The summed E-state index contributed by atoms with van der Waals surface area (Å²) in [5.41, 5.74) is 12.1. The van der Waals surface area contributed by atoms with Gasteiger partial charge in [0.25, 0.3) is 0 Å². The molecular weight excluding hydrogens is 584 g/mol. The summed E-state index contributed by atoms with van der Waals surface area (Å²) in [4.78, 5) is 20.3. The molecule has 0 atom stereocenters. The summed E-state index contributed by atoms with van der Waals surface area (Å²) in [5.74, 6) is -2.89. The largest absolute Gasteiger partial charge is 0.494 e. The number of benzene rings is 2. The van der Waals surface area contributed by atoms with Crippen molar-refractivity contribution < 1.29 is 40.9 Å². The number of carbonyl (C=O) groups excluding carboxylic acids is 1. The third-order valence-electron chi connectivity index (χ3n) is 6.16. The molecule has 0 saturated carbocycles. The van der Waals surface area contributed by atoms with Gasteiger partial charge < -0.3 is 11.1 Å². The Morgan fingerprint density at radius 2 is 1.88 bits per heavy atom. The van der Waals surface area contributed by atoms with E-state index in [1.54, 1.807) is 4.52 Å². The number of halogens is 4. The second kappa shape index (κ2) is 11.4. The maximum atomic E-state index is 14.6. The maximum absolute atomic E-state index is 14.6. The number of nitrogens with zero attached hydrogens (tertiary/aromatic N) is 4. The lowest BCUT2D eigenvalue weighted by Gasteiger charge is -2.12. The summed E-state index contributed by atoms with van der Waals surface area (Å²) in [6.45, 7) is 4.75. The predicted molar refractivity (Wildman–Crippen MR) is 146 cm³/mol. The van der Waals surface area contributed by atoms with E-state index in [9.17, 15) is 30.8 Å². The van der Waals surface area contributed by atoms with Gasteiger partial charge in [0.1, 0.15) is 11.3 Å². The highest BCUT2D eigenvalue weighted by atomic mass is 32.2. The Labute approximate surface area is 236 Å². The summed E-state index contributed by atoms with van der Waals surface area (Å²) in [6, 6.07) is 11.8. The smallest absolute Gasteiger partial charge is 0.382 e. The monoisotopic (exact) mass is 608 g/mol. The zero-order valence-corrected chi connectivity index (χ0v) is 23.1. The van der Waals surface area contributed by atoms with Crippen molar-refractivity contribution in [1.29, 1.82) is 0 Å². The van der Waals surface area contributed by atoms with Crippen LogP contribution in [0.4, 0.5) is 35.0 Å². The molecule has 2 aromatic carbocycles. The number of sulfone groups is 1. The average Bonchev–Trinajstić information content (AvgIpc) is 3.54. The summed E-state index contributed by atoms with van der Waals surface area (Å²) in [7, 11) is -3.53. The minimum atomic E-state index is -5.10. The molecule has 11 nitrogen and oxygen atoms in total. The molecule has 4 aromatic rings. The molecule has 3 heterocycles. The second-order valence-electron chi connectivity index (χ2n) is 9.48. The number of hydrogen-bond donors (Lipinski definition) is 3. The SMILES string of the molecule is CC(C)c1cc(-c2cccc3c2C=NC3)c2c(N)nc(Nc3ccc(S(C)(=O)=O)cc3F)nn12.O=C(OO)C(F)(F)F. The van der Waals surface area contributed by atoms with Crippen molar-refractivity contribution in [2.45, 2.75) is 37.4 Å². The van der Waals surface area contributed by atoms with Crippen LogP contribution in [-0.4, -0.2) is 52.9 Å². The maximum Gasteiger partial charge on any atom is 0.494 e. The lowest BCUT2D eigenvalue weighted by Crippen LogP contribution is -2.23. The van der Waals surface area contributed by atoms with Gasteiger partial charge in [-0.25, -0.2) is 22.1 Å². The molecule has 222 valence electrons. The summed E-state index contributed by atoms with van der Waals surface area (Å²) in [5, 5.41) is 14.5. The first-order valence-corrected chi connectivity index (χ1v) is 14.0. The Kier molecular flexibility index (Phi) is 8.22. The number of nitrogen functional groups attached to an aromatic ring is 1. The van der Waals surface area contributed by atoms with Crippen LogP contribution in [0.1, 0.15) is 36.6 Å². The van der Waals surface area contributed by atoms with E-state index in [0.717, 1.165) is 40.3 Å². The molecule has 0 bridgehead atoms. The molecule has 1 aliphatic heterocycles. The van der Waals surface area contributed by atoms with Gasteiger partial charge >= 0.3 is 12.1 Å². The fourth-order valence-corrected chi connectivity index (χ4v) is 4.83. The Bertz CT molecular complexity index is 1820. The number of fused-ring (bicyclic) bond motifs is 2. The van der Waals surface area contributed by atoms with Crippen LogP contribution < -0.4 is 11.1 Å². The van der Waals surface area contributed by atoms with Crippen molar-refractivity contribution in [1.82, 2.24) is 14.6 Å². The molecular formula is C26H24F4N6O5S. The summed E-state index contributed by atoms with van der Waals surface area (Å²) < 4.78 is 72.2. The molecule has 0 unspecified atom stereocenters. The van der Waals surface area contributed by atoms with Crippen molar-refractivity contribution in [3.8, 4) is 11.1 Å². The van der Waals surface area contributed by atoms with Crippen LogP contribution in [0.3, 0.4) is 0 Å². The molecule has 0 spiro atoms. The first-order valence-electron chi connectivity index (χ1n) is 12.1. The molecule has 0 saturated heterocycles. The van der Waals surface area contributed by atoms with Crippen molar-refractivity contribution in [3.63, 3.8) is 0 Å². The molecule has 0 aliphatic carbocycles. The molecule has 0 amide bonds. The molecule has 0 fully saturated rings. The lowest BCUT2D eigenvalue weighted by molar-refractivity contribution is -0.272. The minimum Gasteiger partial charge on any atom is -0.382 e. The first kappa shape index (κ1) is 30.4. The Balaban J connectivity index is 0.000000446. The molecule has 1 aliphatic rings. The number of aromatic nitrogens is 3. The minimum absolute atomic E-state index is 0.0433. The van der Waals surface area contributed by atoms with Gasteiger partial charge in [-0.3, -0.25) is 9.88 Å². The number of rotatable bonds is 5. The van der Waals surface area contributed by atoms with E-state index in [0.29, 0.717) is 12.1 Å². The van der Waals surface area contributed by atoms with E-state index in [1.165, 1.54) is 12.1 Å². The highest BCUT2D eigenvalue weighted by molar-refractivity contribution is 7.90. The van der Waals surface area contributed by atoms with Crippen molar-refractivity contribution in [2.75, 3.05) is 17.3 Å². The van der Waals surface area contributed by atoms with Crippen LogP contribution >= 0.6 is 0 Å². The Morgan fingerprint density at radius 1 is 1.17 bits per heavy atom. The Hall–Kier alpha value is -4.57. The third kappa shape index (κ3) is 6.18. The van der Waals surface area contributed by atoms with Crippen LogP contribution in [-0.2, 0) is 26.1 Å². The van der Waals surface area contributed by atoms with Gasteiger partial charge in [-0.2, -0.15) is 23.4 Å². The van der Waals surface area contributed by atoms with Crippen molar-refractivity contribution in [3.05, 3.63) is 65.1 Å². The number of carbonyl (C=O) groups is 1. The van der Waals surface area contributed by atoms with E-state index in [1.807, 2.05) is 18.3 Å². The zero-order chi connectivity index (χ0) is 31.0. The standard InChI is InChI=1S/C24H23FN6O2S.C2HF3O3/c1-13(2)21-10-17(16-6-4-5-14-11-27-12-18(14)16)22-23(26)29-24(30-31(21)22)28-20-8-7-15(9-19(20)25)34(3,32)33;3-2(4,5)1(6)8-7/h4-10,12-13H,11H2,1-3H3,(H3,26,28,29,30);7H. The van der Waals surface area contributed by atoms with Crippen molar-refractivity contribution >= 4 is 45.0 Å². The third-order valence-corrected chi connectivity index (χ3v) is 7.27. The van der Waals surface area contributed by atoms with E-state index >= 15 is 0 Å². The topological polar surface area (TPSA) is 161 Å². The van der Waals surface area contributed by atoms with Gasteiger partial charge in [0, 0.05) is 29.3 Å². The van der Waals surface area contributed by atoms with Crippen LogP contribution in [0.5, 0.6) is 0 Å². The summed E-state index contributed by atoms with van der Waals surface area (Å²) in [6.07, 6.45) is -2.20. The number of hydrogen-bond acceptors (Lipinski definition) is 10. The van der Waals surface area contributed by atoms with Gasteiger partial charge in [-0.05, 0) is 41.3 Å². The summed E-state index contributed by atoms with van der Waals surface area (Å²) >= 11 is 0. The number of nitrogens with two attached hydrogens (primary N) is 1. The van der Waals surface area contributed by atoms with Gasteiger partial charge in [0.2, 0.25) is 5.95 Å². The Morgan fingerprint density at radius 3 is 2.45 bits per heavy atom. The van der Waals surface area contributed by atoms with Gasteiger partial charge in [-0.1, -0.05) is 32.0 Å². The second-order valence-corrected chi connectivity index (χ2v) is 11.5. The van der Waals surface area contributed by atoms with E-state index in [4.69, 9.17) is 11.0 Å². The zero-order valence-electron chi connectivity index (χ0n) is 22.3. The fourth-order valence-electron chi connectivity index (χ4n) is 4.20. The quantitative estimate of drug-likeness (QED) is 0.163. The van der Waals surface area contributed by atoms with E-state index < -0.39 is 27.8 Å². The normalized spacial score (nSPS) is 12.7. The van der Waals surface area contributed by atoms with Crippen molar-refractivity contribution in [2.24, 2.45) is 4.99 Å². The van der Waals surface area contributed by atoms with E-state index in [2.05, 4.69) is 51.3 Å². The van der Waals surface area contributed by atoms with Crippen LogP contribution in [0.15, 0.2) is 52.4 Å².